The summed E-state index contributed by atoms with van der Waals surface area (Å²) in [5.74, 6) is -1.24. The second-order valence-corrected chi connectivity index (χ2v) is 6.50. The Labute approximate surface area is 157 Å². The Kier molecular flexibility index (Phi) is 5.60. The number of nitro benzene ring substituents is 1. The molecule has 0 aliphatic heterocycles. The molecule has 1 aromatic heterocycles. The van der Waals surface area contributed by atoms with Crippen LogP contribution in [-0.4, -0.2) is 28.3 Å². The van der Waals surface area contributed by atoms with E-state index < -0.39 is 16.6 Å². The number of para-hydroxylation sites is 2. The molecule has 0 aliphatic rings. The van der Waals surface area contributed by atoms with Gasteiger partial charge in [-0.05, 0) is 36.9 Å². The average molecular weight is 388 g/mol. The smallest absolute Gasteiger partial charge is 0.419 e. The van der Waals surface area contributed by atoms with Gasteiger partial charge in [-0.2, -0.15) is 0 Å². The van der Waals surface area contributed by atoms with E-state index in [4.69, 9.17) is 9.15 Å². The van der Waals surface area contributed by atoms with Crippen LogP contribution in [0.2, 0.25) is 0 Å². The minimum atomic E-state index is -0.762. The fourth-order valence-electron chi connectivity index (χ4n) is 2.66. The third-order valence-electron chi connectivity index (χ3n) is 3.95. The molecule has 0 atom stereocenters. The Morgan fingerprint density at radius 3 is 2.81 bits per heavy atom. The summed E-state index contributed by atoms with van der Waals surface area (Å²) >= 11 is 1.37. The molecule has 0 saturated carbocycles. The van der Waals surface area contributed by atoms with Crippen molar-refractivity contribution in [3.8, 4) is 0 Å². The van der Waals surface area contributed by atoms with Crippen LogP contribution in [0.3, 0.4) is 0 Å². The van der Waals surface area contributed by atoms with Gasteiger partial charge in [0.15, 0.2) is 5.58 Å². The van der Waals surface area contributed by atoms with Gasteiger partial charge in [0, 0.05) is 17.5 Å². The molecule has 9 heteroatoms. The molecule has 0 bridgehead atoms. The highest BCUT2D eigenvalue weighted by Gasteiger charge is 2.22. The molecule has 0 saturated heterocycles. The normalized spacial score (nSPS) is 10.9. The molecule has 0 aliphatic carbocycles. The van der Waals surface area contributed by atoms with Gasteiger partial charge >= 0.3 is 11.7 Å². The fourth-order valence-corrected chi connectivity index (χ4v) is 3.10. The van der Waals surface area contributed by atoms with Crippen molar-refractivity contribution in [3.05, 3.63) is 68.7 Å². The maximum Gasteiger partial charge on any atom is 0.419 e. The zero-order valence-electron chi connectivity index (χ0n) is 14.4. The van der Waals surface area contributed by atoms with Crippen molar-refractivity contribution in [2.24, 2.45) is 0 Å². The predicted octanol–water partition coefficient (Wildman–Crippen LogP) is 3.47. The lowest BCUT2D eigenvalue weighted by molar-refractivity contribution is -0.385. The van der Waals surface area contributed by atoms with E-state index in [1.165, 1.54) is 28.5 Å². The van der Waals surface area contributed by atoms with E-state index in [1.807, 2.05) is 6.26 Å². The summed E-state index contributed by atoms with van der Waals surface area (Å²) in [6.45, 7) is 0.321. The van der Waals surface area contributed by atoms with E-state index in [0.29, 0.717) is 24.1 Å². The van der Waals surface area contributed by atoms with Crippen LogP contribution in [0.25, 0.3) is 11.1 Å². The molecule has 0 unspecified atom stereocenters. The third-order valence-corrected chi connectivity index (χ3v) is 4.68. The van der Waals surface area contributed by atoms with Gasteiger partial charge in [-0.1, -0.05) is 12.1 Å². The second kappa shape index (κ2) is 8.09. The first-order valence-corrected chi connectivity index (χ1v) is 9.31. The number of rotatable bonds is 7. The molecule has 3 rings (SSSR count). The molecule has 0 N–H and O–H groups in total. The van der Waals surface area contributed by atoms with Gasteiger partial charge in [-0.3, -0.25) is 14.7 Å². The fraction of sp³-hybridized carbons (Fsp3) is 0.222. The van der Waals surface area contributed by atoms with Gasteiger partial charge in [-0.15, -0.1) is 11.8 Å². The van der Waals surface area contributed by atoms with E-state index in [0.717, 1.165) is 4.90 Å². The van der Waals surface area contributed by atoms with Crippen LogP contribution in [0.15, 0.2) is 56.6 Å². The zero-order chi connectivity index (χ0) is 19.4. The number of nitrogens with zero attached hydrogens (tertiary/aromatic N) is 2. The van der Waals surface area contributed by atoms with E-state index in [-0.39, 0.29) is 17.9 Å². The molecule has 0 radical (unpaired) electrons. The van der Waals surface area contributed by atoms with Crippen LogP contribution >= 0.6 is 11.8 Å². The van der Waals surface area contributed by atoms with Crippen LogP contribution in [0, 0.1) is 10.1 Å². The SMILES string of the molecule is CSc1ccc([N+](=O)[O-])c(C(=O)OCCCn2c(=O)oc3ccccc32)c1. The molecule has 1 heterocycles. The van der Waals surface area contributed by atoms with Crippen LogP contribution in [0.4, 0.5) is 5.69 Å². The van der Waals surface area contributed by atoms with E-state index >= 15 is 0 Å². The summed E-state index contributed by atoms with van der Waals surface area (Å²) in [6, 6.07) is 11.3. The number of esters is 1. The van der Waals surface area contributed by atoms with Gasteiger partial charge in [0.2, 0.25) is 0 Å². The first-order chi connectivity index (χ1) is 13.0. The van der Waals surface area contributed by atoms with Gasteiger partial charge in [-0.25, -0.2) is 9.59 Å². The van der Waals surface area contributed by atoms with Crippen molar-refractivity contribution >= 4 is 34.5 Å². The number of oxazole rings is 1. The van der Waals surface area contributed by atoms with Crippen molar-refractivity contribution in [3.63, 3.8) is 0 Å². The molecular formula is C18H16N2O6S. The van der Waals surface area contributed by atoms with Crippen LogP contribution < -0.4 is 5.76 Å². The summed E-state index contributed by atoms with van der Waals surface area (Å²) < 4.78 is 11.8. The standard InChI is InChI=1S/C18H16N2O6S/c1-27-12-7-8-14(20(23)24)13(11-12)17(21)25-10-4-9-19-15-5-2-3-6-16(15)26-18(19)22/h2-3,5-8,11H,4,9-10H2,1H3. The van der Waals surface area contributed by atoms with Gasteiger partial charge in [0.25, 0.3) is 5.69 Å². The number of aryl methyl sites for hydroxylation is 1. The molecule has 27 heavy (non-hydrogen) atoms. The van der Waals surface area contributed by atoms with Crippen LogP contribution in [0.5, 0.6) is 0 Å². The third kappa shape index (κ3) is 4.03. The van der Waals surface area contributed by atoms with Crippen molar-refractivity contribution < 1.29 is 18.9 Å². The largest absolute Gasteiger partial charge is 0.462 e. The summed E-state index contributed by atoms with van der Waals surface area (Å²) in [7, 11) is 0. The molecule has 3 aromatic rings. The highest BCUT2D eigenvalue weighted by atomic mass is 32.2. The highest BCUT2D eigenvalue weighted by Crippen LogP contribution is 2.25. The first kappa shape index (κ1) is 18.7. The number of carbonyl (C=O) groups excluding carboxylic acids is 1. The van der Waals surface area contributed by atoms with E-state index in [9.17, 15) is 19.7 Å². The lowest BCUT2D eigenvalue weighted by Gasteiger charge is -2.07. The number of ether oxygens (including phenoxy) is 1. The Morgan fingerprint density at radius 2 is 2.07 bits per heavy atom. The average Bonchev–Trinajstić information content (AvgIpc) is 2.99. The van der Waals surface area contributed by atoms with E-state index in [2.05, 4.69) is 0 Å². The number of carbonyl (C=O) groups is 1. The minimum absolute atomic E-state index is 0.0193. The topological polar surface area (TPSA) is 105 Å². The van der Waals surface area contributed by atoms with Crippen molar-refractivity contribution in [2.75, 3.05) is 12.9 Å². The summed E-state index contributed by atoms with van der Waals surface area (Å²) in [5.41, 5.74) is 0.772. The molecule has 2 aromatic carbocycles. The Balaban J connectivity index is 1.65. The number of nitro groups is 1. The Bertz CT molecular complexity index is 1060. The maximum atomic E-state index is 12.3. The maximum absolute atomic E-state index is 12.3. The van der Waals surface area contributed by atoms with Gasteiger partial charge < -0.3 is 9.15 Å². The van der Waals surface area contributed by atoms with Crippen LogP contribution in [0.1, 0.15) is 16.8 Å². The number of fused-ring (bicyclic) bond motifs is 1. The van der Waals surface area contributed by atoms with Crippen molar-refractivity contribution in [1.82, 2.24) is 4.57 Å². The Hall–Kier alpha value is -3.07. The minimum Gasteiger partial charge on any atom is -0.462 e. The number of benzene rings is 2. The van der Waals surface area contributed by atoms with Crippen molar-refractivity contribution in [1.29, 1.82) is 0 Å². The molecule has 0 spiro atoms. The summed E-state index contributed by atoms with van der Waals surface area (Å²) in [5, 5.41) is 11.1. The quantitative estimate of drug-likeness (QED) is 0.201. The predicted molar refractivity (Wildman–Crippen MR) is 100 cm³/mol. The second-order valence-electron chi connectivity index (χ2n) is 5.62. The number of thioether (sulfide) groups is 1. The Morgan fingerprint density at radius 1 is 1.30 bits per heavy atom. The molecule has 0 amide bonds. The van der Waals surface area contributed by atoms with Gasteiger partial charge in [0.1, 0.15) is 5.56 Å². The van der Waals surface area contributed by atoms with Crippen LogP contribution in [-0.2, 0) is 11.3 Å². The monoisotopic (exact) mass is 388 g/mol. The first-order valence-electron chi connectivity index (χ1n) is 8.09. The van der Waals surface area contributed by atoms with Crippen molar-refractivity contribution in [2.45, 2.75) is 17.9 Å². The van der Waals surface area contributed by atoms with Gasteiger partial charge in [0.05, 0.1) is 17.0 Å². The van der Waals surface area contributed by atoms with E-state index in [1.54, 1.807) is 30.3 Å². The molecular weight excluding hydrogens is 372 g/mol. The summed E-state index contributed by atoms with van der Waals surface area (Å²) in [4.78, 5) is 35.4. The highest BCUT2D eigenvalue weighted by molar-refractivity contribution is 7.98. The number of aromatic nitrogens is 1. The number of hydrogen-bond acceptors (Lipinski definition) is 7. The lowest BCUT2D eigenvalue weighted by atomic mass is 10.2. The number of hydrogen-bond donors (Lipinski definition) is 0. The lowest BCUT2D eigenvalue weighted by Crippen LogP contribution is -2.16. The molecule has 0 fully saturated rings. The molecule has 140 valence electrons. The molecule has 8 nitrogen and oxygen atoms in total. The summed E-state index contributed by atoms with van der Waals surface area (Å²) in [6.07, 6.45) is 2.18. The zero-order valence-corrected chi connectivity index (χ0v) is 15.2.